The minimum Gasteiger partial charge on any atom is -0.355 e. The SMILES string of the molecule is CCNC(=O)[C@H](CC)N(Cc1ccccc1Cl)C(=O)CN(c1cccc(Br)c1)S(C)(=O)=O. The second-order valence-electron chi connectivity index (χ2n) is 7.18. The van der Waals surface area contributed by atoms with Crippen LogP contribution < -0.4 is 9.62 Å². The van der Waals surface area contributed by atoms with E-state index in [1.807, 2.05) is 0 Å². The van der Waals surface area contributed by atoms with Crippen LogP contribution in [0.5, 0.6) is 0 Å². The highest BCUT2D eigenvalue weighted by Crippen LogP contribution is 2.24. The summed E-state index contributed by atoms with van der Waals surface area (Å²) < 4.78 is 26.8. The molecule has 0 aromatic heterocycles. The molecule has 2 aromatic carbocycles. The van der Waals surface area contributed by atoms with Gasteiger partial charge in [0.1, 0.15) is 12.6 Å². The first-order valence-corrected chi connectivity index (χ1v) is 13.1. The fraction of sp³-hybridized carbons (Fsp3) is 0.364. The topological polar surface area (TPSA) is 86.8 Å². The van der Waals surface area contributed by atoms with Gasteiger partial charge in [0.2, 0.25) is 21.8 Å². The monoisotopic (exact) mass is 543 g/mol. The van der Waals surface area contributed by atoms with Crippen LogP contribution in [0, 0.1) is 0 Å². The third kappa shape index (κ3) is 6.95. The molecule has 0 unspecified atom stereocenters. The van der Waals surface area contributed by atoms with Crippen molar-refractivity contribution in [3.05, 3.63) is 63.6 Å². The predicted molar refractivity (Wildman–Crippen MR) is 131 cm³/mol. The van der Waals surface area contributed by atoms with E-state index in [9.17, 15) is 18.0 Å². The summed E-state index contributed by atoms with van der Waals surface area (Å²) in [5.74, 6) is -0.808. The molecule has 0 aliphatic heterocycles. The van der Waals surface area contributed by atoms with E-state index < -0.39 is 28.5 Å². The molecule has 32 heavy (non-hydrogen) atoms. The molecule has 2 aromatic rings. The highest BCUT2D eigenvalue weighted by Gasteiger charge is 2.31. The van der Waals surface area contributed by atoms with Crippen molar-refractivity contribution in [2.24, 2.45) is 0 Å². The Hall–Kier alpha value is -2.10. The second-order valence-corrected chi connectivity index (χ2v) is 10.4. The molecular weight excluding hydrogens is 518 g/mol. The molecule has 0 saturated carbocycles. The highest BCUT2D eigenvalue weighted by atomic mass is 79.9. The van der Waals surface area contributed by atoms with Crippen LogP contribution in [0.1, 0.15) is 25.8 Å². The number of amides is 2. The number of likely N-dealkylation sites (N-methyl/N-ethyl adjacent to an activating group) is 1. The van der Waals surface area contributed by atoms with Gasteiger partial charge in [-0.3, -0.25) is 13.9 Å². The normalized spacial score (nSPS) is 12.2. The van der Waals surface area contributed by atoms with Crippen LogP contribution in [0.4, 0.5) is 5.69 Å². The van der Waals surface area contributed by atoms with E-state index in [-0.39, 0.29) is 12.5 Å². The summed E-state index contributed by atoms with van der Waals surface area (Å²) in [5.41, 5.74) is 1.01. The zero-order valence-electron chi connectivity index (χ0n) is 18.2. The second kappa shape index (κ2) is 11.7. The van der Waals surface area contributed by atoms with Crippen LogP contribution in [0.15, 0.2) is 53.0 Å². The summed E-state index contributed by atoms with van der Waals surface area (Å²) in [6.07, 6.45) is 1.40. The molecule has 2 rings (SSSR count). The summed E-state index contributed by atoms with van der Waals surface area (Å²) in [7, 11) is -3.77. The van der Waals surface area contributed by atoms with E-state index in [2.05, 4.69) is 21.2 Å². The van der Waals surface area contributed by atoms with Crippen molar-refractivity contribution in [1.29, 1.82) is 0 Å². The molecule has 0 saturated heterocycles. The van der Waals surface area contributed by atoms with Gasteiger partial charge in [-0.25, -0.2) is 8.42 Å². The van der Waals surface area contributed by atoms with Crippen molar-refractivity contribution in [2.45, 2.75) is 32.9 Å². The van der Waals surface area contributed by atoms with Crippen molar-refractivity contribution in [3.63, 3.8) is 0 Å². The number of rotatable bonds is 10. The highest BCUT2D eigenvalue weighted by molar-refractivity contribution is 9.10. The lowest BCUT2D eigenvalue weighted by atomic mass is 10.1. The van der Waals surface area contributed by atoms with Crippen LogP contribution in [0.25, 0.3) is 0 Å². The van der Waals surface area contributed by atoms with Crippen molar-refractivity contribution >= 4 is 55.1 Å². The van der Waals surface area contributed by atoms with Gasteiger partial charge in [0, 0.05) is 22.6 Å². The maximum absolute atomic E-state index is 13.5. The average molecular weight is 545 g/mol. The Morgan fingerprint density at radius 2 is 1.81 bits per heavy atom. The first-order valence-electron chi connectivity index (χ1n) is 10.1. The third-order valence-corrected chi connectivity index (χ3v) is 6.81. The van der Waals surface area contributed by atoms with Crippen LogP contribution in [0.2, 0.25) is 5.02 Å². The van der Waals surface area contributed by atoms with Crippen LogP contribution >= 0.6 is 27.5 Å². The van der Waals surface area contributed by atoms with Gasteiger partial charge in [0.25, 0.3) is 0 Å². The molecule has 0 spiro atoms. The Kier molecular flexibility index (Phi) is 9.54. The molecule has 0 aliphatic rings. The van der Waals surface area contributed by atoms with Crippen molar-refractivity contribution < 1.29 is 18.0 Å². The lowest BCUT2D eigenvalue weighted by Gasteiger charge is -2.33. The van der Waals surface area contributed by atoms with E-state index in [4.69, 9.17) is 11.6 Å². The molecule has 0 fully saturated rings. The van der Waals surface area contributed by atoms with Gasteiger partial charge in [0.05, 0.1) is 11.9 Å². The van der Waals surface area contributed by atoms with Gasteiger partial charge in [-0.15, -0.1) is 0 Å². The number of anilines is 1. The Bertz CT molecular complexity index is 1060. The van der Waals surface area contributed by atoms with Crippen LogP contribution in [-0.4, -0.2) is 50.5 Å². The Balaban J connectivity index is 2.45. The standard InChI is InChI=1S/C22H27BrClN3O4S/c1-4-20(22(29)25-5-2)26(14-16-9-6-7-12-19(16)24)21(28)15-27(32(3,30)31)18-11-8-10-17(23)13-18/h6-13,20H,4-5,14-15H2,1-3H3,(H,25,29)/t20-/m0/s1. The molecular formula is C22H27BrClN3O4S. The summed E-state index contributed by atoms with van der Waals surface area (Å²) >= 11 is 9.63. The van der Waals surface area contributed by atoms with Gasteiger partial charge in [-0.05, 0) is 43.2 Å². The lowest BCUT2D eigenvalue weighted by molar-refractivity contribution is -0.140. The van der Waals surface area contributed by atoms with Crippen molar-refractivity contribution in [3.8, 4) is 0 Å². The van der Waals surface area contributed by atoms with Crippen molar-refractivity contribution in [1.82, 2.24) is 10.2 Å². The fourth-order valence-corrected chi connectivity index (χ4v) is 4.69. The van der Waals surface area contributed by atoms with Gasteiger partial charge >= 0.3 is 0 Å². The van der Waals surface area contributed by atoms with E-state index >= 15 is 0 Å². The van der Waals surface area contributed by atoms with E-state index in [0.29, 0.717) is 33.7 Å². The van der Waals surface area contributed by atoms with Gasteiger partial charge in [-0.2, -0.15) is 0 Å². The lowest BCUT2D eigenvalue weighted by Crippen LogP contribution is -2.52. The number of hydrogen-bond donors (Lipinski definition) is 1. The van der Waals surface area contributed by atoms with Gasteiger partial charge < -0.3 is 10.2 Å². The zero-order valence-corrected chi connectivity index (χ0v) is 21.4. The quantitative estimate of drug-likeness (QED) is 0.493. The van der Waals surface area contributed by atoms with E-state index in [0.717, 1.165) is 10.6 Å². The van der Waals surface area contributed by atoms with Gasteiger partial charge in [-0.1, -0.05) is 58.7 Å². The number of sulfonamides is 1. The molecule has 0 radical (unpaired) electrons. The summed E-state index contributed by atoms with van der Waals surface area (Å²) in [6, 6.07) is 12.9. The first kappa shape index (κ1) is 26.2. The molecule has 10 heteroatoms. The number of nitrogens with zero attached hydrogens (tertiary/aromatic N) is 2. The molecule has 2 amide bonds. The zero-order chi connectivity index (χ0) is 23.9. The Morgan fingerprint density at radius 1 is 1.12 bits per heavy atom. The number of halogens is 2. The molecule has 0 heterocycles. The molecule has 0 aliphatic carbocycles. The first-order chi connectivity index (χ1) is 15.1. The number of nitrogens with one attached hydrogen (secondary N) is 1. The summed E-state index contributed by atoms with van der Waals surface area (Å²) in [6.45, 7) is 3.63. The number of carbonyl (C=O) groups excluding carboxylic acids is 2. The minimum absolute atomic E-state index is 0.0736. The maximum atomic E-state index is 13.5. The molecule has 174 valence electrons. The van der Waals surface area contributed by atoms with Gasteiger partial charge in [0.15, 0.2) is 0 Å². The third-order valence-electron chi connectivity index (χ3n) is 4.81. The molecule has 1 N–H and O–H groups in total. The fourth-order valence-electron chi connectivity index (χ4n) is 3.27. The average Bonchev–Trinajstić information content (AvgIpc) is 2.72. The number of hydrogen-bond acceptors (Lipinski definition) is 4. The maximum Gasteiger partial charge on any atom is 0.244 e. The summed E-state index contributed by atoms with van der Waals surface area (Å²) in [4.78, 5) is 27.6. The minimum atomic E-state index is -3.77. The Labute approximate surface area is 202 Å². The predicted octanol–water partition coefficient (Wildman–Crippen LogP) is 3.81. The molecule has 0 bridgehead atoms. The van der Waals surface area contributed by atoms with Crippen LogP contribution in [0.3, 0.4) is 0 Å². The Morgan fingerprint density at radius 3 is 2.38 bits per heavy atom. The number of benzene rings is 2. The molecule has 1 atom stereocenters. The smallest absolute Gasteiger partial charge is 0.244 e. The largest absolute Gasteiger partial charge is 0.355 e. The summed E-state index contributed by atoms with van der Waals surface area (Å²) in [5, 5.41) is 3.21. The molecule has 7 nitrogen and oxygen atoms in total. The van der Waals surface area contributed by atoms with Crippen LogP contribution in [-0.2, 0) is 26.2 Å². The van der Waals surface area contributed by atoms with E-state index in [1.54, 1.807) is 62.4 Å². The van der Waals surface area contributed by atoms with Crippen molar-refractivity contribution in [2.75, 3.05) is 23.7 Å². The number of carbonyl (C=O) groups is 2. The van der Waals surface area contributed by atoms with E-state index in [1.165, 1.54) is 4.90 Å².